The molecule has 1 saturated carbocycles. The van der Waals surface area contributed by atoms with Crippen LogP contribution in [0.25, 0.3) is 0 Å². The van der Waals surface area contributed by atoms with E-state index in [9.17, 15) is 9.36 Å². The summed E-state index contributed by atoms with van der Waals surface area (Å²) < 4.78 is 33.3. The van der Waals surface area contributed by atoms with Gasteiger partial charge in [0.1, 0.15) is 11.3 Å². The van der Waals surface area contributed by atoms with Gasteiger partial charge in [-0.3, -0.25) is 4.57 Å². The number of rotatable bonds is 4. The van der Waals surface area contributed by atoms with Crippen molar-refractivity contribution in [3.63, 3.8) is 0 Å². The Hall–Kier alpha value is -0.480. The lowest BCUT2D eigenvalue weighted by Gasteiger charge is -2.36. The molecule has 19 heavy (non-hydrogen) atoms. The average molecular weight is 290 g/mol. The zero-order chi connectivity index (χ0) is 13.9. The van der Waals surface area contributed by atoms with Crippen molar-refractivity contribution in [2.24, 2.45) is 5.92 Å². The van der Waals surface area contributed by atoms with Gasteiger partial charge in [-0.1, -0.05) is 0 Å². The van der Waals surface area contributed by atoms with E-state index in [-0.39, 0.29) is 11.2 Å². The molecular weight excluding hydrogens is 271 g/mol. The number of ether oxygens (including phenoxy) is 2. The van der Waals surface area contributed by atoms with Crippen molar-refractivity contribution in [1.29, 1.82) is 0 Å². The molecule has 0 amide bonds. The molecule has 0 aromatic rings. The van der Waals surface area contributed by atoms with Crippen LogP contribution in [0.15, 0.2) is 5.31 Å². The summed E-state index contributed by atoms with van der Waals surface area (Å²) >= 11 is 0. The Bertz CT molecular complexity index is 404. The topological polar surface area (TPSA) is 71.1 Å². The molecule has 2 fully saturated rings. The van der Waals surface area contributed by atoms with Gasteiger partial charge < -0.3 is 18.5 Å². The van der Waals surface area contributed by atoms with E-state index in [4.69, 9.17) is 18.5 Å². The highest BCUT2D eigenvalue weighted by Crippen LogP contribution is 2.59. The first-order valence-electron chi connectivity index (χ1n) is 6.34. The summed E-state index contributed by atoms with van der Waals surface area (Å²) in [4.78, 5) is 11.1. The van der Waals surface area contributed by atoms with E-state index in [0.717, 1.165) is 0 Å². The molecular formula is C12H19O6P. The number of hydrogen-bond acceptors (Lipinski definition) is 6. The Morgan fingerprint density at radius 2 is 1.74 bits per heavy atom. The van der Waals surface area contributed by atoms with Crippen LogP contribution in [0.3, 0.4) is 0 Å². The fourth-order valence-electron chi connectivity index (χ4n) is 2.75. The Balaban J connectivity index is 2.07. The molecule has 7 heteroatoms. The second-order valence-corrected chi connectivity index (χ2v) is 6.94. The van der Waals surface area contributed by atoms with E-state index < -0.39 is 13.4 Å². The fraction of sp³-hybridized carbons (Fsp3) is 0.833. The normalized spacial score (nSPS) is 23.5. The SMILES string of the molecule is COP(=O)(OC)C(=C=O)C1CCC2(CC1)OCCO2. The molecule has 0 aromatic heterocycles. The van der Waals surface area contributed by atoms with Gasteiger partial charge in [0.15, 0.2) is 5.79 Å². The quantitative estimate of drug-likeness (QED) is 0.583. The van der Waals surface area contributed by atoms with Gasteiger partial charge in [-0.25, -0.2) is 4.79 Å². The van der Waals surface area contributed by atoms with Crippen LogP contribution in [-0.4, -0.2) is 39.2 Å². The first-order valence-corrected chi connectivity index (χ1v) is 7.88. The van der Waals surface area contributed by atoms with Crippen molar-refractivity contribution in [2.75, 3.05) is 27.4 Å². The smallest absolute Gasteiger partial charge is 0.348 e. The van der Waals surface area contributed by atoms with E-state index in [2.05, 4.69) is 0 Å². The van der Waals surface area contributed by atoms with Gasteiger partial charge in [0.05, 0.1) is 13.2 Å². The third-order valence-electron chi connectivity index (χ3n) is 3.83. The lowest BCUT2D eigenvalue weighted by Crippen LogP contribution is -2.35. The first-order chi connectivity index (χ1) is 9.09. The minimum Gasteiger partial charge on any atom is -0.348 e. The molecule has 2 aliphatic rings. The average Bonchev–Trinajstić information content (AvgIpc) is 2.90. The fourth-order valence-corrected chi connectivity index (χ4v) is 4.11. The maximum atomic E-state index is 12.3. The standard InChI is InChI=1S/C12H19O6P/c1-15-19(14,16-2)11(9-13)10-3-5-12(6-4-10)17-7-8-18-12/h10H,3-8H2,1-2H3. The third kappa shape index (κ3) is 2.84. The highest BCUT2D eigenvalue weighted by molar-refractivity contribution is 7.58. The van der Waals surface area contributed by atoms with Crippen molar-refractivity contribution < 1.29 is 27.9 Å². The minimum absolute atomic E-state index is 0.102. The van der Waals surface area contributed by atoms with Crippen LogP contribution in [0.2, 0.25) is 0 Å². The highest BCUT2D eigenvalue weighted by atomic mass is 31.2. The van der Waals surface area contributed by atoms with Gasteiger partial charge in [-0.05, 0) is 12.8 Å². The summed E-state index contributed by atoms with van der Waals surface area (Å²) in [6.07, 6.45) is 2.66. The van der Waals surface area contributed by atoms with Crippen molar-refractivity contribution >= 4 is 13.5 Å². The zero-order valence-corrected chi connectivity index (χ0v) is 12.1. The van der Waals surface area contributed by atoms with Crippen LogP contribution in [0.1, 0.15) is 25.7 Å². The molecule has 0 unspecified atom stereocenters. The lowest BCUT2D eigenvalue weighted by molar-refractivity contribution is -0.180. The number of allylic oxidation sites excluding steroid dienone is 1. The van der Waals surface area contributed by atoms with E-state index in [1.807, 2.05) is 0 Å². The monoisotopic (exact) mass is 290 g/mol. The zero-order valence-electron chi connectivity index (χ0n) is 11.2. The van der Waals surface area contributed by atoms with Gasteiger partial charge >= 0.3 is 7.60 Å². The molecule has 0 radical (unpaired) electrons. The summed E-state index contributed by atoms with van der Waals surface area (Å²) in [5, 5.41) is 0.102. The molecule has 0 aromatic carbocycles. The van der Waals surface area contributed by atoms with Crippen molar-refractivity contribution in [3.05, 3.63) is 5.31 Å². The molecule has 6 nitrogen and oxygen atoms in total. The van der Waals surface area contributed by atoms with Gasteiger partial charge in [0.25, 0.3) is 0 Å². The lowest BCUT2D eigenvalue weighted by atomic mass is 9.85. The summed E-state index contributed by atoms with van der Waals surface area (Å²) in [5.41, 5.74) is 0. The third-order valence-corrected chi connectivity index (χ3v) is 5.84. The predicted octanol–water partition coefficient (Wildman–Crippen LogP) is 2.12. The molecule has 0 atom stereocenters. The van der Waals surface area contributed by atoms with Crippen LogP contribution >= 0.6 is 7.60 Å². The van der Waals surface area contributed by atoms with Crippen LogP contribution < -0.4 is 0 Å². The Morgan fingerprint density at radius 1 is 1.21 bits per heavy atom. The maximum absolute atomic E-state index is 12.3. The Morgan fingerprint density at radius 3 is 2.16 bits per heavy atom. The van der Waals surface area contributed by atoms with E-state index in [0.29, 0.717) is 38.9 Å². The molecule has 0 bridgehead atoms. The summed E-state index contributed by atoms with van der Waals surface area (Å²) in [7, 11) is -0.946. The summed E-state index contributed by atoms with van der Waals surface area (Å²) in [6, 6.07) is 0. The predicted molar refractivity (Wildman–Crippen MR) is 67.4 cm³/mol. The van der Waals surface area contributed by atoms with E-state index >= 15 is 0 Å². The second-order valence-electron chi connectivity index (χ2n) is 4.73. The Kier molecular flexibility index (Phi) is 4.62. The molecule has 1 saturated heterocycles. The number of hydrogen-bond donors (Lipinski definition) is 0. The summed E-state index contributed by atoms with van der Waals surface area (Å²) in [6.45, 7) is 1.21. The van der Waals surface area contributed by atoms with Crippen LogP contribution in [0, 0.1) is 5.92 Å². The highest BCUT2D eigenvalue weighted by Gasteiger charge is 2.44. The molecule has 108 valence electrons. The molecule has 1 spiro atoms. The second kappa shape index (κ2) is 5.88. The van der Waals surface area contributed by atoms with Gasteiger partial charge in [-0.15, -0.1) is 0 Å². The minimum atomic E-state index is -3.49. The van der Waals surface area contributed by atoms with E-state index in [1.165, 1.54) is 14.2 Å². The molecule has 2 rings (SSSR count). The maximum Gasteiger partial charge on any atom is 0.368 e. The van der Waals surface area contributed by atoms with Gasteiger partial charge in [0, 0.05) is 33.0 Å². The molecule has 0 N–H and O–H groups in total. The van der Waals surface area contributed by atoms with Gasteiger partial charge in [-0.2, -0.15) is 0 Å². The van der Waals surface area contributed by atoms with Crippen LogP contribution in [-0.2, 0) is 27.9 Å². The van der Waals surface area contributed by atoms with Crippen LogP contribution in [0.5, 0.6) is 0 Å². The largest absolute Gasteiger partial charge is 0.368 e. The summed E-state index contributed by atoms with van der Waals surface area (Å²) in [5.74, 6) is 1.11. The molecule has 1 heterocycles. The van der Waals surface area contributed by atoms with E-state index in [1.54, 1.807) is 5.94 Å². The van der Waals surface area contributed by atoms with Crippen molar-refractivity contribution in [2.45, 2.75) is 31.5 Å². The first kappa shape index (κ1) is 14.9. The molecule has 1 aliphatic carbocycles. The van der Waals surface area contributed by atoms with Crippen molar-refractivity contribution in [3.8, 4) is 0 Å². The van der Waals surface area contributed by atoms with Crippen molar-refractivity contribution in [1.82, 2.24) is 0 Å². The molecule has 1 aliphatic heterocycles. The number of carbonyl (C=O) groups excluding carboxylic acids is 1. The van der Waals surface area contributed by atoms with Crippen LogP contribution in [0.4, 0.5) is 0 Å². The Labute approximate surface area is 112 Å². The van der Waals surface area contributed by atoms with Gasteiger partial charge in [0.2, 0.25) is 0 Å².